The predicted octanol–water partition coefficient (Wildman–Crippen LogP) is 4.03. The van der Waals surface area contributed by atoms with Crippen LogP contribution in [-0.4, -0.2) is 17.0 Å². The van der Waals surface area contributed by atoms with Gasteiger partial charge in [-0.2, -0.15) is 0 Å². The molecule has 21 heavy (non-hydrogen) atoms. The molecule has 1 N–H and O–H groups in total. The van der Waals surface area contributed by atoms with Crippen LogP contribution in [0.4, 0.5) is 5.82 Å². The Hall–Kier alpha value is -1.63. The Morgan fingerprint density at radius 3 is 2.76 bits per heavy atom. The fraction of sp³-hybridized carbons (Fsp3) is 0.250. The van der Waals surface area contributed by atoms with Gasteiger partial charge >= 0.3 is 0 Å². The number of nitrogens with one attached hydrogen (secondary N) is 1. The smallest absolute Gasteiger partial charge is 0.256 e. The summed E-state index contributed by atoms with van der Waals surface area (Å²) in [6, 6.07) is 9.11. The number of carbonyl (C=O) groups excluding carboxylic acids is 1. The van der Waals surface area contributed by atoms with Crippen molar-refractivity contribution >= 4 is 34.3 Å². The van der Waals surface area contributed by atoms with Gasteiger partial charge in [0.1, 0.15) is 11.6 Å². The van der Waals surface area contributed by atoms with E-state index in [-0.39, 0.29) is 12.0 Å². The minimum absolute atomic E-state index is 0.0726. The number of hydrogen-bond donors (Lipinski definition) is 1. The van der Waals surface area contributed by atoms with Crippen LogP contribution in [0.5, 0.6) is 5.75 Å². The number of carbonyl (C=O) groups is 1. The first kappa shape index (κ1) is 15.8. The Morgan fingerprint density at radius 1 is 1.33 bits per heavy atom. The number of benzene rings is 1. The highest BCUT2D eigenvalue weighted by Gasteiger charge is 2.10. The zero-order valence-corrected chi connectivity index (χ0v) is 14.3. The maximum Gasteiger partial charge on any atom is 0.256 e. The Bertz CT molecular complexity index is 656. The van der Waals surface area contributed by atoms with Crippen molar-refractivity contribution in [2.45, 2.75) is 26.9 Å². The summed E-state index contributed by atoms with van der Waals surface area (Å²) >= 11 is 2.19. The third kappa shape index (κ3) is 4.42. The molecule has 4 nitrogen and oxygen atoms in total. The van der Waals surface area contributed by atoms with Crippen LogP contribution in [0.15, 0.2) is 36.5 Å². The fourth-order valence-electron chi connectivity index (χ4n) is 1.83. The monoisotopic (exact) mass is 396 g/mol. The minimum atomic E-state index is -0.194. The van der Waals surface area contributed by atoms with Crippen LogP contribution in [0.25, 0.3) is 0 Å². The third-order valence-electron chi connectivity index (χ3n) is 2.74. The van der Waals surface area contributed by atoms with Gasteiger partial charge < -0.3 is 10.1 Å². The summed E-state index contributed by atoms with van der Waals surface area (Å²) in [7, 11) is 0. The van der Waals surface area contributed by atoms with E-state index in [1.54, 1.807) is 24.4 Å². The van der Waals surface area contributed by atoms with E-state index in [0.29, 0.717) is 17.1 Å². The average Bonchev–Trinajstić information content (AvgIpc) is 2.41. The highest BCUT2D eigenvalue weighted by atomic mass is 127. The van der Waals surface area contributed by atoms with Crippen molar-refractivity contribution < 1.29 is 9.53 Å². The standard InChI is InChI=1S/C16H17IN2O2/c1-10(2)21-14-6-4-5-12(8-14)16(20)19-15-11(3)7-13(17)9-18-15/h4-10H,1-3H3,(H,18,19,20). The number of ether oxygens (including phenoxy) is 1. The summed E-state index contributed by atoms with van der Waals surface area (Å²) in [5, 5.41) is 2.83. The van der Waals surface area contributed by atoms with Crippen LogP contribution in [-0.2, 0) is 0 Å². The van der Waals surface area contributed by atoms with Gasteiger partial charge in [-0.25, -0.2) is 4.98 Å². The number of halogens is 1. The first-order chi connectivity index (χ1) is 9.95. The molecule has 0 atom stereocenters. The Morgan fingerprint density at radius 2 is 2.10 bits per heavy atom. The molecule has 1 heterocycles. The van der Waals surface area contributed by atoms with Crippen LogP contribution in [0.3, 0.4) is 0 Å². The van der Waals surface area contributed by atoms with E-state index in [0.717, 1.165) is 9.13 Å². The van der Waals surface area contributed by atoms with Crippen molar-refractivity contribution in [2.75, 3.05) is 5.32 Å². The number of aryl methyl sites for hydroxylation is 1. The quantitative estimate of drug-likeness (QED) is 0.794. The van der Waals surface area contributed by atoms with Crippen molar-refractivity contribution in [1.82, 2.24) is 4.98 Å². The second kappa shape index (κ2) is 6.89. The molecule has 0 aliphatic rings. The summed E-state index contributed by atoms with van der Waals surface area (Å²) in [6.07, 6.45) is 1.80. The number of anilines is 1. The largest absolute Gasteiger partial charge is 0.491 e. The van der Waals surface area contributed by atoms with Crippen molar-refractivity contribution in [1.29, 1.82) is 0 Å². The average molecular weight is 396 g/mol. The van der Waals surface area contributed by atoms with E-state index in [1.165, 1.54) is 0 Å². The normalized spacial score (nSPS) is 10.5. The predicted molar refractivity (Wildman–Crippen MR) is 91.9 cm³/mol. The lowest BCUT2D eigenvalue weighted by atomic mass is 10.2. The van der Waals surface area contributed by atoms with Gasteiger partial charge in [-0.3, -0.25) is 4.79 Å². The first-order valence-corrected chi connectivity index (χ1v) is 7.74. The summed E-state index contributed by atoms with van der Waals surface area (Å²) in [6.45, 7) is 5.82. The molecule has 0 aliphatic carbocycles. The van der Waals surface area contributed by atoms with Gasteiger partial charge in [0.25, 0.3) is 5.91 Å². The van der Waals surface area contributed by atoms with Crippen LogP contribution in [0, 0.1) is 10.5 Å². The maximum absolute atomic E-state index is 12.3. The van der Waals surface area contributed by atoms with Crippen LogP contribution in [0.1, 0.15) is 29.8 Å². The maximum atomic E-state index is 12.3. The van der Waals surface area contributed by atoms with Gasteiger partial charge in [-0.1, -0.05) is 6.07 Å². The molecule has 0 unspecified atom stereocenters. The number of rotatable bonds is 4. The Kier molecular flexibility index (Phi) is 5.17. The minimum Gasteiger partial charge on any atom is -0.491 e. The summed E-state index contributed by atoms with van der Waals surface area (Å²) in [5.41, 5.74) is 1.48. The molecular formula is C16H17IN2O2. The molecule has 0 aliphatic heterocycles. The molecule has 0 spiro atoms. The molecule has 0 bridgehead atoms. The molecule has 1 aromatic carbocycles. The molecule has 2 rings (SSSR count). The number of pyridine rings is 1. The second-order valence-electron chi connectivity index (χ2n) is 4.97. The van der Waals surface area contributed by atoms with E-state index in [4.69, 9.17) is 4.74 Å². The number of nitrogens with zero attached hydrogens (tertiary/aromatic N) is 1. The third-order valence-corrected chi connectivity index (χ3v) is 3.33. The van der Waals surface area contributed by atoms with E-state index in [9.17, 15) is 4.79 Å². The highest BCUT2D eigenvalue weighted by Crippen LogP contribution is 2.18. The van der Waals surface area contributed by atoms with Gasteiger partial charge in [0, 0.05) is 15.3 Å². The van der Waals surface area contributed by atoms with Crippen LogP contribution >= 0.6 is 22.6 Å². The number of amides is 1. The summed E-state index contributed by atoms with van der Waals surface area (Å²) in [4.78, 5) is 16.5. The zero-order chi connectivity index (χ0) is 15.4. The van der Waals surface area contributed by atoms with Crippen LogP contribution in [0.2, 0.25) is 0 Å². The van der Waals surface area contributed by atoms with Crippen molar-refractivity contribution in [3.63, 3.8) is 0 Å². The topological polar surface area (TPSA) is 51.2 Å². The lowest BCUT2D eigenvalue weighted by Gasteiger charge is -2.11. The van der Waals surface area contributed by atoms with Gasteiger partial charge in [0.05, 0.1) is 6.10 Å². The van der Waals surface area contributed by atoms with E-state index < -0.39 is 0 Å². The zero-order valence-electron chi connectivity index (χ0n) is 12.2. The van der Waals surface area contributed by atoms with Crippen LogP contribution < -0.4 is 10.1 Å². The molecule has 0 radical (unpaired) electrons. The number of hydrogen-bond acceptors (Lipinski definition) is 3. The Labute approximate surface area is 138 Å². The second-order valence-corrected chi connectivity index (χ2v) is 6.21. The van der Waals surface area contributed by atoms with Gasteiger partial charge in [-0.15, -0.1) is 0 Å². The van der Waals surface area contributed by atoms with Gasteiger partial charge in [0.2, 0.25) is 0 Å². The molecule has 110 valence electrons. The van der Waals surface area contributed by atoms with E-state index in [1.807, 2.05) is 32.9 Å². The van der Waals surface area contributed by atoms with Gasteiger partial charge in [-0.05, 0) is 73.2 Å². The van der Waals surface area contributed by atoms with Crippen molar-refractivity contribution in [2.24, 2.45) is 0 Å². The molecule has 1 aromatic heterocycles. The SMILES string of the molecule is Cc1cc(I)cnc1NC(=O)c1cccc(OC(C)C)c1. The molecule has 0 saturated heterocycles. The molecule has 0 saturated carbocycles. The number of aromatic nitrogens is 1. The van der Waals surface area contributed by atoms with Gasteiger partial charge in [0.15, 0.2) is 0 Å². The summed E-state index contributed by atoms with van der Waals surface area (Å²) < 4.78 is 6.64. The molecule has 5 heteroatoms. The lowest BCUT2D eigenvalue weighted by molar-refractivity contribution is 0.102. The van der Waals surface area contributed by atoms with Crippen molar-refractivity contribution in [3.05, 3.63) is 51.2 Å². The van der Waals surface area contributed by atoms with E-state index >= 15 is 0 Å². The Balaban J connectivity index is 2.16. The highest BCUT2D eigenvalue weighted by molar-refractivity contribution is 14.1. The van der Waals surface area contributed by atoms with Crippen molar-refractivity contribution in [3.8, 4) is 5.75 Å². The van der Waals surface area contributed by atoms with E-state index in [2.05, 4.69) is 32.9 Å². The first-order valence-electron chi connectivity index (χ1n) is 6.66. The summed E-state index contributed by atoms with van der Waals surface area (Å²) in [5.74, 6) is 1.07. The fourth-order valence-corrected chi connectivity index (χ4v) is 2.44. The molecule has 0 fully saturated rings. The molecule has 2 aromatic rings. The lowest BCUT2D eigenvalue weighted by Crippen LogP contribution is -2.14. The molecule has 1 amide bonds. The molecular weight excluding hydrogens is 379 g/mol.